The van der Waals surface area contributed by atoms with Crippen molar-refractivity contribution in [1.29, 1.82) is 0 Å². The molecular formula is C14H18FNO3S. The van der Waals surface area contributed by atoms with Gasteiger partial charge >= 0.3 is 0 Å². The van der Waals surface area contributed by atoms with Crippen molar-refractivity contribution in [1.82, 2.24) is 4.72 Å². The second-order valence-corrected chi connectivity index (χ2v) is 6.59. The van der Waals surface area contributed by atoms with Gasteiger partial charge in [0.1, 0.15) is 12.4 Å². The van der Waals surface area contributed by atoms with Crippen LogP contribution in [0.25, 0.3) is 0 Å². The van der Waals surface area contributed by atoms with Crippen LogP contribution < -0.4 is 4.72 Å². The highest BCUT2D eigenvalue weighted by Crippen LogP contribution is 2.19. The maximum atomic E-state index is 13.2. The van der Waals surface area contributed by atoms with Crippen LogP contribution >= 0.6 is 0 Å². The Morgan fingerprint density at radius 2 is 2.05 bits per heavy atom. The number of halogens is 1. The van der Waals surface area contributed by atoms with Crippen molar-refractivity contribution in [2.45, 2.75) is 37.6 Å². The van der Waals surface area contributed by atoms with E-state index >= 15 is 0 Å². The van der Waals surface area contributed by atoms with Gasteiger partial charge in [-0.05, 0) is 38.5 Å². The maximum Gasteiger partial charge on any atom is 0.242 e. The molecule has 0 atom stereocenters. The highest BCUT2D eigenvalue weighted by Gasteiger charge is 2.26. The van der Waals surface area contributed by atoms with Crippen LogP contribution in [0, 0.1) is 17.7 Å². The third kappa shape index (κ3) is 4.30. The zero-order valence-electron chi connectivity index (χ0n) is 11.7. The van der Waals surface area contributed by atoms with Crippen LogP contribution in [-0.4, -0.2) is 25.7 Å². The summed E-state index contributed by atoms with van der Waals surface area (Å²) in [6, 6.07) is 3.28. The van der Waals surface area contributed by atoms with Gasteiger partial charge in [-0.2, -0.15) is 0 Å². The molecule has 1 aromatic rings. The lowest BCUT2D eigenvalue weighted by Gasteiger charge is -2.24. The van der Waals surface area contributed by atoms with Crippen LogP contribution in [0.5, 0.6) is 0 Å². The third-order valence-corrected chi connectivity index (χ3v) is 4.58. The molecule has 0 fully saturated rings. The fraction of sp³-hybridized carbons (Fsp3) is 0.429. The van der Waals surface area contributed by atoms with Crippen molar-refractivity contribution >= 4 is 10.0 Å². The number of benzene rings is 1. The molecule has 1 rings (SSSR count). The highest BCUT2D eigenvalue weighted by molar-refractivity contribution is 7.89. The number of rotatable bonds is 4. The molecule has 0 aromatic heterocycles. The van der Waals surface area contributed by atoms with Gasteiger partial charge in [0.05, 0.1) is 4.90 Å². The normalized spacial score (nSPS) is 11.8. The van der Waals surface area contributed by atoms with Gasteiger partial charge in [-0.3, -0.25) is 0 Å². The molecule has 0 unspecified atom stereocenters. The smallest absolute Gasteiger partial charge is 0.242 e. The standard InChI is InChI=1S/C14H18FNO3S/c1-4-14(2,3)16-20(18,19)13-8-7-12(15)10-11(13)6-5-9-17/h7-8,10,16-17H,4,9H2,1-3H3. The molecule has 0 aliphatic heterocycles. The summed E-state index contributed by atoms with van der Waals surface area (Å²) in [6.07, 6.45) is 0.602. The first kappa shape index (κ1) is 16.6. The fourth-order valence-corrected chi connectivity index (χ4v) is 3.09. The van der Waals surface area contributed by atoms with E-state index < -0.39 is 28.0 Å². The molecule has 4 nitrogen and oxygen atoms in total. The minimum atomic E-state index is -3.81. The van der Waals surface area contributed by atoms with Crippen molar-refractivity contribution in [3.63, 3.8) is 0 Å². The Labute approximate surface area is 119 Å². The number of aliphatic hydroxyl groups is 1. The number of hydrogen-bond acceptors (Lipinski definition) is 3. The average molecular weight is 299 g/mol. The Hall–Kier alpha value is -1.42. The summed E-state index contributed by atoms with van der Waals surface area (Å²) >= 11 is 0. The SMILES string of the molecule is CCC(C)(C)NS(=O)(=O)c1ccc(F)cc1C#CCO. The van der Waals surface area contributed by atoms with Crippen molar-refractivity contribution < 1.29 is 17.9 Å². The van der Waals surface area contributed by atoms with E-state index in [1.807, 2.05) is 6.92 Å². The Kier molecular flexibility index (Phi) is 5.28. The maximum absolute atomic E-state index is 13.2. The molecule has 0 amide bonds. The summed E-state index contributed by atoms with van der Waals surface area (Å²) < 4.78 is 40.5. The molecular weight excluding hydrogens is 281 g/mol. The molecule has 2 N–H and O–H groups in total. The van der Waals surface area contributed by atoms with Crippen molar-refractivity contribution in [3.05, 3.63) is 29.6 Å². The van der Waals surface area contributed by atoms with Gasteiger partial charge in [0.2, 0.25) is 10.0 Å². The van der Waals surface area contributed by atoms with E-state index in [2.05, 4.69) is 16.6 Å². The number of aliphatic hydroxyl groups excluding tert-OH is 1. The van der Waals surface area contributed by atoms with E-state index in [0.717, 1.165) is 12.1 Å². The zero-order chi connectivity index (χ0) is 15.4. The molecule has 110 valence electrons. The van der Waals surface area contributed by atoms with Crippen LogP contribution in [0.1, 0.15) is 32.8 Å². The van der Waals surface area contributed by atoms with E-state index in [1.165, 1.54) is 6.07 Å². The lowest BCUT2D eigenvalue weighted by Crippen LogP contribution is -2.42. The Morgan fingerprint density at radius 3 is 2.60 bits per heavy atom. The number of hydrogen-bond donors (Lipinski definition) is 2. The minimum absolute atomic E-state index is 0.0263. The largest absolute Gasteiger partial charge is 0.384 e. The monoisotopic (exact) mass is 299 g/mol. The van der Waals surface area contributed by atoms with Crippen LogP contribution in [-0.2, 0) is 10.0 Å². The van der Waals surface area contributed by atoms with Crippen molar-refractivity contribution in [2.75, 3.05) is 6.61 Å². The van der Waals surface area contributed by atoms with Gasteiger partial charge in [-0.1, -0.05) is 18.8 Å². The van der Waals surface area contributed by atoms with Gasteiger partial charge in [-0.25, -0.2) is 17.5 Å². The minimum Gasteiger partial charge on any atom is -0.384 e. The predicted octanol–water partition coefficient (Wildman–Crippen LogP) is 1.64. The Morgan fingerprint density at radius 1 is 1.40 bits per heavy atom. The summed E-state index contributed by atoms with van der Waals surface area (Å²) in [6.45, 7) is 4.95. The topological polar surface area (TPSA) is 66.4 Å². The summed E-state index contributed by atoms with van der Waals surface area (Å²) in [5, 5.41) is 8.68. The van der Waals surface area contributed by atoms with E-state index in [0.29, 0.717) is 6.42 Å². The molecule has 0 saturated heterocycles. The third-order valence-electron chi connectivity index (χ3n) is 2.83. The fourth-order valence-electron chi connectivity index (χ4n) is 1.46. The first-order valence-electron chi connectivity index (χ1n) is 6.15. The van der Waals surface area contributed by atoms with Crippen LogP contribution in [0.4, 0.5) is 4.39 Å². The van der Waals surface area contributed by atoms with E-state index in [1.54, 1.807) is 13.8 Å². The number of sulfonamides is 1. The molecule has 0 bridgehead atoms. The van der Waals surface area contributed by atoms with Gasteiger partial charge < -0.3 is 5.11 Å². The molecule has 6 heteroatoms. The van der Waals surface area contributed by atoms with Crippen molar-refractivity contribution in [2.24, 2.45) is 0 Å². The summed E-state index contributed by atoms with van der Waals surface area (Å²) in [5.41, 5.74) is -0.590. The molecule has 0 radical (unpaired) electrons. The second kappa shape index (κ2) is 6.35. The molecule has 20 heavy (non-hydrogen) atoms. The molecule has 0 heterocycles. The summed E-state index contributed by atoms with van der Waals surface area (Å²) in [5.74, 6) is 4.20. The lowest BCUT2D eigenvalue weighted by molar-refractivity contribution is 0.350. The van der Waals surface area contributed by atoms with Crippen molar-refractivity contribution in [3.8, 4) is 11.8 Å². The molecule has 0 aliphatic carbocycles. The Balaban J connectivity index is 3.31. The van der Waals surface area contributed by atoms with Gasteiger partial charge in [0.15, 0.2) is 0 Å². The van der Waals surface area contributed by atoms with E-state index in [-0.39, 0.29) is 10.5 Å². The average Bonchev–Trinajstić information content (AvgIpc) is 2.35. The zero-order valence-corrected chi connectivity index (χ0v) is 12.5. The second-order valence-electron chi connectivity index (χ2n) is 4.94. The lowest BCUT2D eigenvalue weighted by atomic mass is 10.0. The van der Waals surface area contributed by atoms with E-state index in [9.17, 15) is 12.8 Å². The van der Waals surface area contributed by atoms with Crippen LogP contribution in [0.2, 0.25) is 0 Å². The highest BCUT2D eigenvalue weighted by atomic mass is 32.2. The summed E-state index contributed by atoms with van der Waals surface area (Å²) in [4.78, 5) is -0.0959. The first-order valence-corrected chi connectivity index (χ1v) is 7.63. The predicted molar refractivity (Wildman–Crippen MR) is 75.1 cm³/mol. The van der Waals surface area contributed by atoms with Gasteiger partial charge in [-0.15, -0.1) is 0 Å². The Bertz CT molecular complexity index is 642. The quantitative estimate of drug-likeness (QED) is 0.831. The van der Waals surface area contributed by atoms with Crippen LogP contribution in [0.3, 0.4) is 0 Å². The summed E-state index contributed by atoms with van der Waals surface area (Å²) in [7, 11) is -3.81. The first-order chi connectivity index (χ1) is 9.22. The van der Waals surface area contributed by atoms with Crippen LogP contribution in [0.15, 0.2) is 23.1 Å². The van der Waals surface area contributed by atoms with E-state index in [4.69, 9.17) is 5.11 Å². The molecule has 0 saturated carbocycles. The van der Waals surface area contributed by atoms with Gasteiger partial charge in [0.25, 0.3) is 0 Å². The molecule has 0 spiro atoms. The van der Waals surface area contributed by atoms with Gasteiger partial charge in [0, 0.05) is 11.1 Å². The number of nitrogens with one attached hydrogen (secondary N) is 1. The molecule has 0 aliphatic rings. The molecule has 1 aromatic carbocycles.